The van der Waals surface area contributed by atoms with Crippen LogP contribution in [0.3, 0.4) is 0 Å². The molecule has 0 aromatic carbocycles. The number of fused-ring (bicyclic) bond motifs is 2. The number of hydrogen-bond acceptors (Lipinski definition) is 3. The maximum absolute atomic E-state index is 12.4. The summed E-state index contributed by atoms with van der Waals surface area (Å²) in [7, 11) is 0. The van der Waals surface area contributed by atoms with Gasteiger partial charge in [-0.3, -0.25) is 0 Å². The van der Waals surface area contributed by atoms with E-state index in [0.717, 1.165) is 19.3 Å². The Morgan fingerprint density at radius 2 is 2.19 bits per heavy atom. The molecule has 1 aromatic heterocycles. The summed E-state index contributed by atoms with van der Waals surface area (Å²) in [6.07, 6.45) is -1.10. The number of alkyl halides is 3. The molecule has 0 saturated carbocycles. The van der Waals surface area contributed by atoms with E-state index in [-0.39, 0.29) is 5.92 Å². The number of nitrogens with zero attached hydrogens (tertiary/aromatic N) is 1. The number of rotatable bonds is 1. The van der Waals surface area contributed by atoms with Crippen molar-refractivity contribution in [1.29, 1.82) is 0 Å². The van der Waals surface area contributed by atoms with Gasteiger partial charge in [0.2, 0.25) is 0 Å². The average Bonchev–Trinajstić information content (AvgIpc) is 2.92. The summed E-state index contributed by atoms with van der Waals surface area (Å²) in [5.74, 6) is 0.186. The Kier molecular flexibility index (Phi) is 2.26. The number of aromatic nitrogens is 1. The molecule has 3 unspecified atom stereocenters. The first-order valence-corrected chi connectivity index (χ1v) is 6.11. The molecule has 0 radical (unpaired) electrons. The second-order valence-electron chi connectivity index (χ2n) is 4.50. The van der Waals surface area contributed by atoms with Gasteiger partial charge in [-0.2, -0.15) is 17.5 Å². The van der Waals surface area contributed by atoms with E-state index in [1.807, 2.05) is 0 Å². The van der Waals surface area contributed by atoms with Crippen LogP contribution in [-0.2, 0) is 6.18 Å². The molecular weight excluding hydrogens is 237 g/mol. The van der Waals surface area contributed by atoms with Gasteiger partial charge in [0.05, 0.1) is 5.69 Å². The van der Waals surface area contributed by atoms with Crippen LogP contribution in [0.2, 0.25) is 0 Å². The maximum Gasteiger partial charge on any atom is 0.427 e. The van der Waals surface area contributed by atoms with Crippen LogP contribution >= 0.6 is 11.5 Å². The third kappa shape index (κ3) is 1.64. The highest BCUT2D eigenvalue weighted by atomic mass is 32.1. The van der Waals surface area contributed by atoms with Crippen molar-refractivity contribution >= 4 is 11.5 Å². The highest BCUT2D eigenvalue weighted by molar-refractivity contribution is 7.05. The summed E-state index contributed by atoms with van der Waals surface area (Å²) in [5.41, 5.74) is 0.622. The molecule has 6 heteroatoms. The molecule has 2 bridgehead atoms. The average molecular weight is 248 g/mol. The lowest BCUT2D eigenvalue weighted by Gasteiger charge is -2.17. The fraction of sp³-hybridized carbons (Fsp3) is 0.700. The minimum absolute atomic E-state index is 0.186. The second-order valence-corrected chi connectivity index (χ2v) is 5.31. The molecule has 1 N–H and O–H groups in total. The molecule has 1 aromatic rings. The number of hydrogen-bond donors (Lipinski definition) is 1. The Hall–Kier alpha value is -0.620. The molecule has 3 rings (SSSR count). The van der Waals surface area contributed by atoms with Gasteiger partial charge in [-0.1, -0.05) is 0 Å². The predicted octanol–water partition coefficient (Wildman–Crippen LogP) is 2.77. The smallest absolute Gasteiger partial charge is 0.311 e. The molecule has 2 aliphatic heterocycles. The van der Waals surface area contributed by atoms with Crippen LogP contribution in [0.25, 0.3) is 0 Å². The fourth-order valence-corrected chi connectivity index (χ4v) is 3.42. The zero-order chi connectivity index (χ0) is 11.3. The minimum atomic E-state index is -4.25. The van der Waals surface area contributed by atoms with Crippen LogP contribution in [0.1, 0.15) is 35.8 Å². The summed E-state index contributed by atoms with van der Waals surface area (Å²) in [6, 6.07) is 2.05. The van der Waals surface area contributed by atoms with Gasteiger partial charge in [-0.25, -0.2) is 0 Å². The van der Waals surface area contributed by atoms with Crippen molar-refractivity contribution in [3.05, 3.63) is 16.6 Å². The second kappa shape index (κ2) is 3.43. The van der Waals surface area contributed by atoms with Gasteiger partial charge >= 0.3 is 6.18 Å². The third-order valence-corrected chi connectivity index (χ3v) is 4.34. The van der Waals surface area contributed by atoms with E-state index in [9.17, 15) is 13.2 Å². The molecule has 88 valence electrons. The Labute approximate surface area is 95.0 Å². The molecule has 16 heavy (non-hydrogen) atoms. The molecule has 2 nitrogen and oxygen atoms in total. The van der Waals surface area contributed by atoms with Crippen molar-refractivity contribution in [3.63, 3.8) is 0 Å². The zero-order valence-electron chi connectivity index (χ0n) is 8.42. The summed E-state index contributed by atoms with van der Waals surface area (Å²) in [4.78, 5) is -0.578. The first-order chi connectivity index (χ1) is 7.54. The summed E-state index contributed by atoms with van der Waals surface area (Å²) < 4.78 is 41.3. The van der Waals surface area contributed by atoms with Crippen molar-refractivity contribution in [1.82, 2.24) is 9.69 Å². The van der Waals surface area contributed by atoms with E-state index >= 15 is 0 Å². The van der Waals surface area contributed by atoms with Gasteiger partial charge in [0, 0.05) is 18.0 Å². The standard InChI is InChI=1S/C10H11F3N2S/c11-10(12,13)9-4-8(15-16-9)6-3-5-1-2-7(6)14-5/h4-7,14H,1-3H2. The van der Waals surface area contributed by atoms with Gasteiger partial charge in [0.1, 0.15) is 4.88 Å². The topological polar surface area (TPSA) is 24.9 Å². The van der Waals surface area contributed by atoms with Gasteiger partial charge in [0.25, 0.3) is 0 Å². The van der Waals surface area contributed by atoms with E-state index in [2.05, 4.69) is 9.69 Å². The molecule has 0 aliphatic carbocycles. The van der Waals surface area contributed by atoms with Crippen LogP contribution in [0, 0.1) is 0 Å². The lowest BCUT2D eigenvalue weighted by Crippen LogP contribution is -2.21. The predicted molar refractivity (Wildman–Crippen MR) is 54.4 cm³/mol. The zero-order valence-corrected chi connectivity index (χ0v) is 9.24. The van der Waals surface area contributed by atoms with Crippen LogP contribution in [0.15, 0.2) is 6.07 Å². The molecule has 2 saturated heterocycles. The highest BCUT2D eigenvalue weighted by Gasteiger charge is 2.42. The van der Waals surface area contributed by atoms with Crippen LogP contribution in [0.5, 0.6) is 0 Å². The minimum Gasteiger partial charge on any atom is -0.311 e. The van der Waals surface area contributed by atoms with E-state index in [4.69, 9.17) is 0 Å². The third-order valence-electron chi connectivity index (χ3n) is 3.49. The van der Waals surface area contributed by atoms with E-state index in [1.165, 1.54) is 6.07 Å². The molecule has 0 spiro atoms. The lowest BCUT2D eigenvalue weighted by atomic mass is 9.87. The molecule has 0 amide bonds. The van der Waals surface area contributed by atoms with Crippen LogP contribution in [0.4, 0.5) is 13.2 Å². The Bertz CT molecular complexity index is 401. The van der Waals surface area contributed by atoms with Crippen LogP contribution < -0.4 is 5.32 Å². The van der Waals surface area contributed by atoms with Crippen molar-refractivity contribution in [2.45, 2.75) is 43.4 Å². The van der Waals surface area contributed by atoms with E-state index in [0.29, 0.717) is 29.3 Å². The first-order valence-electron chi connectivity index (χ1n) is 5.34. The summed E-state index contributed by atoms with van der Waals surface area (Å²) >= 11 is 0.568. The maximum atomic E-state index is 12.4. The molecule has 2 fully saturated rings. The Morgan fingerprint density at radius 1 is 1.38 bits per heavy atom. The summed E-state index contributed by atoms with van der Waals surface area (Å²) in [5, 5.41) is 3.41. The van der Waals surface area contributed by atoms with E-state index < -0.39 is 11.1 Å². The van der Waals surface area contributed by atoms with Crippen molar-refractivity contribution in [3.8, 4) is 0 Å². The van der Waals surface area contributed by atoms with Crippen molar-refractivity contribution < 1.29 is 13.2 Å². The quantitative estimate of drug-likeness (QED) is 0.826. The fourth-order valence-electron chi connectivity index (χ4n) is 2.75. The molecule has 3 atom stereocenters. The highest BCUT2D eigenvalue weighted by Crippen LogP contribution is 2.42. The van der Waals surface area contributed by atoms with Crippen LogP contribution in [-0.4, -0.2) is 16.5 Å². The lowest BCUT2D eigenvalue weighted by molar-refractivity contribution is -0.134. The molecule has 2 aliphatic rings. The van der Waals surface area contributed by atoms with E-state index in [1.54, 1.807) is 0 Å². The SMILES string of the molecule is FC(F)(F)c1cc(C2CC3CCC2N3)ns1. The summed E-state index contributed by atoms with van der Waals surface area (Å²) in [6.45, 7) is 0. The number of halogens is 3. The normalized spacial score (nSPS) is 33.6. The first kappa shape index (κ1) is 10.5. The van der Waals surface area contributed by atoms with Crippen molar-refractivity contribution in [2.24, 2.45) is 0 Å². The van der Waals surface area contributed by atoms with Gasteiger partial charge < -0.3 is 5.32 Å². The van der Waals surface area contributed by atoms with Gasteiger partial charge in [-0.15, -0.1) is 0 Å². The molecule has 3 heterocycles. The molecular formula is C10H11F3N2S. The van der Waals surface area contributed by atoms with Crippen molar-refractivity contribution in [2.75, 3.05) is 0 Å². The monoisotopic (exact) mass is 248 g/mol. The van der Waals surface area contributed by atoms with Gasteiger partial charge in [0.15, 0.2) is 0 Å². The van der Waals surface area contributed by atoms with Gasteiger partial charge in [-0.05, 0) is 36.9 Å². The Morgan fingerprint density at radius 3 is 2.69 bits per heavy atom. The largest absolute Gasteiger partial charge is 0.427 e. The Balaban J connectivity index is 1.83. The number of nitrogens with one attached hydrogen (secondary N) is 1.